The van der Waals surface area contributed by atoms with E-state index in [9.17, 15) is 9.90 Å². The fourth-order valence-corrected chi connectivity index (χ4v) is 3.46. The number of aromatic nitrogens is 1. The van der Waals surface area contributed by atoms with Gasteiger partial charge in [-0.2, -0.15) is 0 Å². The smallest absolute Gasteiger partial charge is 0.270 e. The van der Waals surface area contributed by atoms with E-state index < -0.39 is 6.10 Å². The van der Waals surface area contributed by atoms with Crippen molar-refractivity contribution in [3.63, 3.8) is 0 Å². The van der Waals surface area contributed by atoms with Gasteiger partial charge in [-0.3, -0.25) is 4.79 Å². The Labute approximate surface area is 154 Å². The van der Waals surface area contributed by atoms with Crippen molar-refractivity contribution >= 4 is 16.8 Å². The average molecular weight is 350 g/mol. The number of aryl methyl sites for hydroxylation is 3. The maximum atomic E-state index is 12.9. The Balaban J connectivity index is 1.77. The number of aromatic amines is 1. The maximum absolute atomic E-state index is 12.9. The van der Waals surface area contributed by atoms with Crippen molar-refractivity contribution in [2.75, 3.05) is 13.6 Å². The summed E-state index contributed by atoms with van der Waals surface area (Å²) >= 11 is 0. The monoisotopic (exact) mass is 350 g/mol. The second-order valence-electron chi connectivity index (χ2n) is 7.02. The summed E-state index contributed by atoms with van der Waals surface area (Å²) in [5.41, 5.74) is 5.83. The van der Waals surface area contributed by atoms with Crippen LogP contribution >= 0.6 is 0 Å². The third-order valence-corrected chi connectivity index (χ3v) is 5.10. The van der Waals surface area contributed by atoms with Crippen molar-refractivity contribution in [1.29, 1.82) is 0 Å². The first-order valence-corrected chi connectivity index (χ1v) is 8.97. The van der Waals surface area contributed by atoms with Crippen LogP contribution in [0, 0.1) is 20.8 Å². The van der Waals surface area contributed by atoms with Crippen molar-refractivity contribution < 1.29 is 9.90 Å². The van der Waals surface area contributed by atoms with E-state index in [1.165, 1.54) is 5.56 Å². The molecule has 0 bridgehead atoms. The van der Waals surface area contributed by atoms with Crippen LogP contribution in [-0.4, -0.2) is 34.5 Å². The van der Waals surface area contributed by atoms with Gasteiger partial charge < -0.3 is 15.0 Å². The van der Waals surface area contributed by atoms with Crippen LogP contribution in [-0.2, 0) is 0 Å². The first-order valence-electron chi connectivity index (χ1n) is 8.97. The summed E-state index contributed by atoms with van der Waals surface area (Å²) in [6.07, 6.45) is -0.0661. The zero-order chi connectivity index (χ0) is 18.8. The molecule has 136 valence electrons. The van der Waals surface area contributed by atoms with E-state index >= 15 is 0 Å². The molecule has 1 atom stereocenters. The minimum atomic E-state index is -0.570. The second kappa shape index (κ2) is 7.34. The second-order valence-corrected chi connectivity index (χ2v) is 7.02. The normalized spacial score (nSPS) is 12.3. The molecule has 0 aliphatic carbocycles. The molecule has 2 N–H and O–H groups in total. The molecule has 26 heavy (non-hydrogen) atoms. The summed E-state index contributed by atoms with van der Waals surface area (Å²) in [5, 5.41) is 11.4. The van der Waals surface area contributed by atoms with Gasteiger partial charge in [-0.05, 0) is 49.4 Å². The first-order chi connectivity index (χ1) is 12.4. The Morgan fingerprint density at radius 3 is 2.38 bits per heavy atom. The number of benzene rings is 2. The zero-order valence-corrected chi connectivity index (χ0v) is 15.8. The zero-order valence-electron chi connectivity index (χ0n) is 15.8. The quantitative estimate of drug-likeness (QED) is 0.721. The Bertz CT molecular complexity index is 928. The summed E-state index contributed by atoms with van der Waals surface area (Å²) < 4.78 is 0. The number of hydrogen-bond donors (Lipinski definition) is 2. The fourth-order valence-electron chi connectivity index (χ4n) is 3.46. The Morgan fingerprint density at radius 1 is 1.08 bits per heavy atom. The molecule has 4 nitrogen and oxygen atoms in total. The molecule has 3 aromatic rings. The van der Waals surface area contributed by atoms with Crippen LogP contribution in [0.15, 0.2) is 42.5 Å². The number of aliphatic hydroxyl groups is 1. The van der Waals surface area contributed by atoms with Gasteiger partial charge in [0.2, 0.25) is 0 Å². The summed E-state index contributed by atoms with van der Waals surface area (Å²) in [4.78, 5) is 17.9. The molecular weight excluding hydrogens is 324 g/mol. The lowest BCUT2D eigenvalue weighted by Gasteiger charge is -2.19. The SMILES string of the molecule is Cc1ccc(C)c2c(C)c(C(=O)N(C)CC[C@H](O)c3ccccc3)[nH]c12. The Morgan fingerprint density at radius 2 is 1.73 bits per heavy atom. The molecule has 1 amide bonds. The molecule has 1 heterocycles. The third-order valence-electron chi connectivity index (χ3n) is 5.10. The number of fused-ring (bicyclic) bond motifs is 1. The molecule has 0 saturated heterocycles. The maximum Gasteiger partial charge on any atom is 0.270 e. The van der Waals surface area contributed by atoms with Gasteiger partial charge in [0.05, 0.1) is 6.10 Å². The molecule has 3 rings (SSSR count). The highest BCUT2D eigenvalue weighted by Gasteiger charge is 2.20. The van der Waals surface area contributed by atoms with Gasteiger partial charge in [0.1, 0.15) is 5.69 Å². The largest absolute Gasteiger partial charge is 0.388 e. The van der Waals surface area contributed by atoms with Gasteiger partial charge in [0.15, 0.2) is 0 Å². The average Bonchev–Trinajstić information content (AvgIpc) is 3.01. The van der Waals surface area contributed by atoms with Gasteiger partial charge in [-0.25, -0.2) is 0 Å². The summed E-state index contributed by atoms with van der Waals surface area (Å²) in [6.45, 7) is 6.59. The van der Waals surface area contributed by atoms with Crippen molar-refractivity contribution in [2.24, 2.45) is 0 Å². The lowest BCUT2D eigenvalue weighted by atomic mass is 10.0. The van der Waals surface area contributed by atoms with E-state index in [4.69, 9.17) is 0 Å². The van der Waals surface area contributed by atoms with Crippen LogP contribution in [0.4, 0.5) is 0 Å². The first kappa shape index (κ1) is 18.2. The number of hydrogen-bond acceptors (Lipinski definition) is 2. The third kappa shape index (κ3) is 3.37. The van der Waals surface area contributed by atoms with E-state index in [-0.39, 0.29) is 5.91 Å². The molecule has 4 heteroatoms. The highest BCUT2D eigenvalue weighted by Crippen LogP contribution is 2.28. The molecule has 0 fully saturated rings. The van der Waals surface area contributed by atoms with E-state index in [0.29, 0.717) is 18.7 Å². The number of amides is 1. The van der Waals surface area contributed by atoms with E-state index in [1.54, 1.807) is 11.9 Å². The molecule has 0 unspecified atom stereocenters. The molecular formula is C22H26N2O2. The lowest BCUT2D eigenvalue weighted by Crippen LogP contribution is -2.29. The molecule has 0 spiro atoms. The minimum absolute atomic E-state index is 0.0437. The molecule has 0 radical (unpaired) electrons. The number of H-pyrrole nitrogens is 1. The standard InChI is InChI=1S/C22H26N2O2/c1-14-10-11-15(2)20-19(14)16(3)21(23-20)22(26)24(4)13-12-18(25)17-8-6-5-7-9-17/h5-11,18,23,25H,12-13H2,1-4H3/t18-/m0/s1. The van der Waals surface area contributed by atoms with Gasteiger partial charge in [0.25, 0.3) is 5.91 Å². The van der Waals surface area contributed by atoms with E-state index in [2.05, 4.69) is 24.0 Å². The highest BCUT2D eigenvalue weighted by molar-refractivity contribution is 6.02. The number of aliphatic hydroxyl groups excluding tert-OH is 1. The molecule has 1 aromatic heterocycles. The summed E-state index contributed by atoms with van der Waals surface area (Å²) in [7, 11) is 1.78. The van der Waals surface area contributed by atoms with Crippen molar-refractivity contribution in [3.05, 3.63) is 70.4 Å². The molecule has 2 aromatic carbocycles. The summed E-state index contributed by atoms with van der Waals surface area (Å²) in [6, 6.07) is 13.7. The van der Waals surface area contributed by atoms with Crippen LogP contribution in [0.3, 0.4) is 0 Å². The van der Waals surface area contributed by atoms with E-state index in [1.807, 2.05) is 44.2 Å². The summed E-state index contributed by atoms with van der Waals surface area (Å²) in [5.74, 6) is -0.0437. The van der Waals surface area contributed by atoms with Crippen molar-refractivity contribution in [2.45, 2.75) is 33.3 Å². The number of rotatable bonds is 5. The van der Waals surface area contributed by atoms with Gasteiger partial charge in [-0.15, -0.1) is 0 Å². The van der Waals surface area contributed by atoms with Crippen LogP contribution in [0.25, 0.3) is 10.9 Å². The van der Waals surface area contributed by atoms with Crippen molar-refractivity contribution in [3.8, 4) is 0 Å². The number of carbonyl (C=O) groups is 1. The molecule has 0 aliphatic heterocycles. The number of nitrogens with zero attached hydrogens (tertiary/aromatic N) is 1. The number of carbonyl (C=O) groups excluding carboxylic acids is 1. The van der Waals surface area contributed by atoms with Crippen molar-refractivity contribution in [1.82, 2.24) is 9.88 Å². The lowest BCUT2D eigenvalue weighted by molar-refractivity contribution is 0.0756. The molecule has 0 saturated carbocycles. The van der Waals surface area contributed by atoms with Crippen LogP contribution in [0.5, 0.6) is 0 Å². The minimum Gasteiger partial charge on any atom is -0.388 e. The van der Waals surface area contributed by atoms with Crippen LogP contribution < -0.4 is 0 Å². The fraction of sp³-hybridized carbons (Fsp3) is 0.318. The van der Waals surface area contributed by atoms with Crippen LogP contribution in [0.1, 0.15) is 45.3 Å². The Kier molecular flexibility index (Phi) is 5.14. The van der Waals surface area contributed by atoms with E-state index in [0.717, 1.165) is 27.6 Å². The topological polar surface area (TPSA) is 56.3 Å². The van der Waals surface area contributed by atoms with Gasteiger partial charge in [-0.1, -0.05) is 42.5 Å². The molecule has 0 aliphatic rings. The predicted molar refractivity (Wildman–Crippen MR) is 105 cm³/mol. The number of nitrogens with one attached hydrogen (secondary N) is 1. The highest BCUT2D eigenvalue weighted by atomic mass is 16.3. The predicted octanol–water partition coefficient (Wildman–Crippen LogP) is 4.29. The Hall–Kier alpha value is -2.59. The van der Waals surface area contributed by atoms with Gasteiger partial charge in [0, 0.05) is 24.5 Å². The van der Waals surface area contributed by atoms with Crippen LogP contribution in [0.2, 0.25) is 0 Å². The van der Waals surface area contributed by atoms with Gasteiger partial charge >= 0.3 is 0 Å².